The third kappa shape index (κ3) is 4.23. The zero-order valence-corrected chi connectivity index (χ0v) is 12.0. The topological polar surface area (TPSA) is 49.8 Å². The highest BCUT2D eigenvalue weighted by atomic mass is 16.5. The number of ether oxygens (including phenoxy) is 1. The van der Waals surface area contributed by atoms with E-state index >= 15 is 0 Å². The molecule has 0 spiro atoms. The minimum absolute atomic E-state index is 0.174. The van der Waals surface area contributed by atoms with Crippen LogP contribution in [0.5, 0.6) is 5.75 Å². The molecule has 1 aliphatic rings. The lowest BCUT2D eigenvalue weighted by atomic mass is 9.98. The number of aliphatic carboxylic acids is 1. The maximum Gasteiger partial charge on any atom is 0.304 e. The van der Waals surface area contributed by atoms with Crippen molar-refractivity contribution in [3.63, 3.8) is 0 Å². The van der Waals surface area contributed by atoms with Crippen LogP contribution in [0, 0.1) is 0 Å². The van der Waals surface area contributed by atoms with Gasteiger partial charge in [-0.1, -0.05) is 18.6 Å². The van der Waals surface area contributed by atoms with E-state index in [1.54, 1.807) is 0 Å². The lowest BCUT2D eigenvalue weighted by Crippen LogP contribution is -2.40. The van der Waals surface area contributed by atoms with Crippen molar-refractivity contribution in [2.75, 3.05) is 13.2 Å². The molecule has 1 saturated heterocycles. The Balaban J connectivity index is 1.97. The maximum absolute atomic E-state index is 10.9. The molecule has 4 nitrogen and oxygen atoms in total. The molecule has 0 amide bonds. The second kappa shape index (κ2) is 7.29. The first-order valence-electron chi connectivity index (χ1n) is 7.36. The highest BCUT2D eigenvalue weighted by Gasteiger charge is 2.24. The molecule has 1 aliphatic heterocycles. The van der Waals surface area contributed by atoms with Gasteiger partial charge >= 0.3 is 5.97 Å². The molecule has 0 saturated carbocycles. The Morgan fingerprint density at radius 1 is 1.35 bits per heavy atom. The Kier molecular flexibility index (Phi) is 5.41. The predicted molar refractivity (Wildman–Crippen MR) is 77.9 cm³/mol. The number of piperidine rings is 1. The van der Waals surface area contributed by atoms with Crippen molar-refractivity contribution < 1.29 is 14.6 Å². The number of rotatable bonds is 6. The second-order valence-corrected chi connectivity index (χ2v) is 5.29. The monoisotopic (exact) mass is 277 g/mol. The van der Waals surface area contributed by atoms with E-state index in [9.17, 15) is 4.79 Å². The van der Waals surface area contributed by atoms with Crippen LogP contribution in [0.25, 0.3) is 0 Å². The van der Waals surface area contributed by atoms with Gasteiger partial charge in [-0.25, -0.2) is 0 Å². The molecular weight excluding hydrogens is 254 g/mol. The fourth-order valence-electron chi connectivity index (χ4n) is 2.79. The average Bonchev–Trinajstić information content (AvgIpc) is 2.43. The standard InChI is InChI=1S/C16H23NO3/c1-2-20-15-8-6-13(7-9-15)12-17-10-4-3-5-14(17)11-16(18)19/h6-9,14H,2-5,10-12H2,1H3,(H,18,19). The first kappa shape index (κ1) is 14.9. The van der Waals surface area contributed by atoms with Crippen LogP contribution >= 0.6 is 0 Å². The molecule has 4 heteroatoms. The van der Waals surface area contributed by atoms with Crippen molar-refractivity contribution in [2.24, 2.45) is 0 Å². The summed E-state index contributed by atoms with van der Waals surface area (Å²) in [6, 6.07) is 8.27. The van der Waals surface area contributed by atoms with Gasteiger partial charge in [0.25, 0.3) is 0 Å². The van der Waals surface area contributed by atoms with E-state index < -0.39 is 5.97 Å². The zero-order valence-electron chi connectivity index (χ0n) is 12.0. The highest BCUT2D eigenvalue weighted by Crippen LogP contribution is 2.22. The van der Waals surface area contributed by atoms with Crippen molar-refractivity contribution in [1.82, 2.24) is 4.90 Å². The Bertz CT molecular complexity index is 430. The van der Waals surface area contributed by atoms with Gasteiger partial charge < -0.3 is 9.84 Å². The summed E-state index contributed by atoms with van der Waals surface area (Å²) in [6.07, 6.45) is 3.53. The normalized spacial score (nSPS) is 19.8. The molecule has 1 atom stereocenters. The molecule has 0 radical (unpaired) electrons. The predicted octanol–water partition coefficient (Wildman–Crippen LogP) is 2.91. The summed E-state index contributed by atoms with van der Waals surface area (Å²) in [6.45, 7) is 4.46. The number of carbonyl (C=O) groups is 1. The molecule has 20 heavy (non-hydrogen) atoms. The number of nitrogens with zero attached hydrogens (tertiary/aromatic N) is 1. The molecule has 2 rings (SSSR count). The van der Waals surface area contributed by atoms with E-state index in [4.69, 9.17) is 9.84 Å². The van der Waals surface area contributed by atoms with Gasteiger partial charge in [-0.15, -0.1) is 0 Å². The van der Waals surface area contributed by atoms with Gasteiger partial charge in [-0.05, 0) is 44.0 Å². The number of benzene rings is 1. The van der Waals surface area contributed by atoms with Crippen LogP contribution in [-0.4, -0.2) is 35.2 Å². The number of carboxylic acids is 1. The summed E-state index contributed by atoms with van der Waals surface area (Å²) >= 11 is 0. The fourth-order valence-corrected chi connectivity index (χ4v) is 2.79. The summed E-state index contributed by atoms with van der Waals surface area (Å²) in [5.74, 6) is 0.186. The van der Waals surface area contributed by atoms with Crippen molar-refractivity contribution in [3.8, 4) is 5.75 Å². The third-order valence-corrected chi connectivity index (χ3v) is 3.78. The number of hydrogen-bond acceptors (Lipinski definition) is 3. The minimum Gasteiger partial charge on any atom is -0.494 e. The number of likely N-dealkylation sites (tertiary alicyclic amines) is 1. The van der Waals surface area contributed by atoms with Crippen LogP contribution in [0.15, 0.2) is 24.3 Å². The SMILES string of the molecule is CCOc1ccc(CN2CCCCC2CC(=O)O)cc1. The third-order valence-electron chi connectivity index (χ3n) is 3.78. The van der Waals surface area contributed by atoms with E-state index in [2.05, 4.69) is 17.0 Å². The summed E-state index contributed by atoms with van der Waals surface area (Å²) in [5, 5.41) is 9.00. The van der Waals surface area contributed by atoms with Gasteiger partial charge in [0.1, 0.15) is 5.75 Å². The van der Waals surface area contributed by atoms with Crippen molar-refractivity contribution in [3.05, 3.63) is 29.8 Å². The molecular formula is C16H23NO3. The molecule has 1 unspecified atom stereocenters. The van der Waals surface area contributed by atoms with Crippen LogP contribution < -0.4 is 4.74 Å². The largest absolute Gasteiger partial charge is 0.494 e. The van der Waals surface area contributed by atoms with Gasteiger partial charge in [-0.2, -0.15) is 0 Å². The molecule has 0 aliphatic carbocycles. The van der Waals surface area contributed by atoms with Gasteiger partial charge in [-0.3, -0.25) is 9.69 Å². The number of hydrogen-bond donors (Lipinski definition) is 1. The van der Waals surface area contributed by atoms with Gasteiger partial charge in [0, 0.05) is 12.6 Å². The molecule has 1 aromatic rings. The lowest BCUT2D eigenvalue weighted by molar-refractivity contribution is -0.138. The van der Waals surface area contributed by atoms with Crippen molar-refractivity contribution in [2.45, 2.75) is 45.2 Å². The maximum atomic E-state index is 10.9. The van der Waals surface area contributed by atoms with E-state index in [1.165, 1.54) is 5.56 Å². The minimum atomic E-state index is -0.700. The summed E-state index contributed by atoms with van der Waals surface area (Å²) in [5.41, 5.74) is 1.21. The molecule has 0 bridgehead atoms. The fraction of sp³-hybridized carbons (Fsp3) is 0.562. The zero-order chi connectivity index (χ0) is 14.4. The molecule has 110 valence electrons. The summed E-state index contributed by atoms with van der Waals surface area (Å²) in [7, 11) is 0. The first-order chi connectivity index (χ1) is 9.69. The van der Waals surface area contributed by atoms with Gasteiger partial charge in [0.05, 0.1) is 13.0 Å². The average molecular weight is 277 g/mol. The highest BCUT2D eigenvalue weighted by molar-refractivity contribution is 5.67. The summed E-state index contributed by atoms with van der Waals surface area (Å²) in [4.78, 5) is 13.2. The summed E-state index contributed by atoms with van der Waals surface area (Å²) < 4.78 is 5.43. The van der Waals surface area contributed by atoms with Crippen molar-refractivity contribution in [1.29, 1.82) is 0 Å². The van der Waals surface area contributed by atoms with Crippen LogP contribution in [0.1, 0.15) is 38.2 Å². The Morgan fingerprint density at radius 3 is 2.75 bits per heavy atom. The molecule has 1 heterocycles. The van der Waals surface area contributed by atoms with Crippen LogP contribution in [0.4, 0.5) is 0 Å². The first-order valence-corrected chi connectivity index (χ1v) is 7.36. The lowest BCUT2D eigenvalue weighted by Gasteiger charge is -2.35. The Hall–Kier alpha value is -1.55. The van der Waals surface area contributed by atoms with E-state index in [-0.39, 0.29) is 12.5 Å². The molecule has 1 N–H and O–H groups in total. The molecule has 0 aromatic heterocycles. The van der Waals surface area contributed by atoms with E-state index in [1.807, 2.05) is 19.1 Å². The Labute approximate surface area is 120 Å². The smallest absolute Gasteiger partial charge is 0.304 e. The van der Waals surface area contributed by atoms with E-state index in [0.717, 1.165) is 38.1 Å². The quantitative estimate of drug-likeness (QED) is 0.868. The van der Waals surface area contributed by atoms with E-state index in [0.29, 0.717) is 6.61 Å². The van der Waals surface area contributed by atoms with Crippen molar-refractivity contribution >= 4 is 5.97 Å². The molecule has 1 aromatic carbocycles. The van der Waals surface area contributed by atoms with Crippen LogP contribution in [-0.2, 0) is 11.3 Å². The van der Waals surface area contributed by atoms with Crippen LogP contribution in [0.3, 0.4) is 0 Å². The Morgan fingerprint density at radius 2 is 2.10 bits per heavy atom. The van der Waals surface area contributed by atoms with Gasteiger partial charge in [0.2, 0.25) is 0 Å². The van der Waals surface area contributed by atoms with Gasteiger partial charge in [0.15, 0.2) is 0 Å². The van der Waals surface area contributed by atoms with Crippen LogP contribution in [0.2, 0.25) is 0 Å². The molecule has 1 fully saturated rings. The second-order valence-electron chi connectivity index (χ2n) is 5.29. The number of carboxylic acid groups (broad SMARTS) is 1.